The van der Waals surface area contributed by atoms with Gasteiger partial charge in [0.2, 0.25) is 0 Å². The molecule has 0 saturated carbocycles. The molecular formula is C22H32N2O2S. The molecule has 4 nitrogen and oxygen atoms in total. The molecular weight excluding hydrogens is 356 g/mol. The zero-order valence-electron chi connectivity index (χ0n) is 16.8. The molecule has 1 aromatic heterocycles. The molecule has 0 unspecified atom stereocenters. The highest BCUT2D eigenvalue weighted by atomic mass is 32.1. The van der Waals surface area contributed by atoms with Crippen LogP contribution in [-0.4, -0.2) is 43.5 Å². The Morgan fingerprint density at radius 3 is 2.70 bits per heavy atom. The van der Waals surface area contributed by atoms with Gasteiger partial charge in [0.25, 0.3) is 0 Å². The number of benzene rings is 1. The number of nitrogens with zero attached hydrogens (tertiary/aromatic N) is 1. The van der Waals surface area contributed by atoms with Crippen LogP contribution in [-0.2, 0) is 4.74 Å². The van der Waals surface area contributed by atoms with E-state index < -0.39 is 0 Å². The highest BCUT2D eigenvalue weighted by Crippen LogP contribution is 2.42. The van der Waals surface area contributed by atoms with E-state index in [1.165, 1.54) is 15.6 Å². The topological polar surface area (TPSA) is 55.6 Å². The molecule has 0 amide bonds. The average Bonchev–Trinajstić information content (AvgIpc) is 3.00. The fourth-order valence-corrected chi connectivity index (χ4v) is 5.15. The summed E-state index contributed by atoms with van der Waals surface area (Å²) in [5, 5.41) is 2.13. The number of hydrogen-bond donors (Lipinski definition) is 1. The normalized spacial score (nSPS) is 16.4. The number of rotatable bonds is 8. The van der Waals surface area contributed by atoms with Gasteiger partial charge in [0.1, 0.15) is 0 Å². The highest BCUT2D eigenvalue weighted by Gasteiger charge is 2.26. The number of hydrogen-bond acceptors (Lipinski definition) is 5. The van der Waals surface area contributed by atoms with Crippen LogP contribution in [0.1, 0.15) is 67.8 Å². The smallest absolute Gasteiger partial charge is 0.162 e. The maximum atomic E-state index is 12.6. The highest BCUT2D eigenvalue weighted by molar-refractivity contribution is 7.22. The van der Waals surface area contributed by atoms with E-state index in [-0.39, 0.29) is 5.78 Å². The van der Waals surface area contributed by atoms with Gasteiger partial charge in [-0.1, -0.05) is 0 Å². The van der Waals surface area contributed by atoms with Crippen LogP contribution in [0.2, 0.25) is 0 Å². The minimum Gasteiger partial charge on any atom is -0.390 e. The van der Waals surface area contributed by atoms with Gasteiger partial charge >= 0.3 is 0 Å². The predicted molar refractivity (Wildman–Crippen MR) is 115 cm³/mol. The van der Waals surface area contributed by atoms with Crippen molar-refractivity contribution in [1.82, 2.24) is 4.90 Å². The summed E-state index contributed by atoms with van der Waals surface area (Å²) in [5.74, 6) is 0.721. The second-order valence-electron chi connectivity index (χ2n) is 7.87. The van der Waals surface area contributed by atoms with Gasteiger partial charge in [0.05, 0.1) is 5.00 Å². The minimum atomic E-state index is 0.221. The lowest BCUT2D eigenvalue weighted by atomic mass is 9.87. The van der Waals surface area contributed by atoms with Crippen LogP contribution in [0.3, 0.4) is 0 Å². The molecule has 0 bridgehead atoms. The molecule has 1 aliphatic rings. The number of ketones is 1. The third-order valence-corrected chi connectivity index (χ3v) is 6.76. The van der Waals surface area contributed by atoms with Crippen molar-refractivity contribution in [3.05, 3.63) is 29.3 Å². The van der Waals surface area contributed by atoms with Crippen molar-refractivity contribution in [3.63, 3.8) is 0 Å². The van der Waals surface area contributed by atoms with Gasteiger partial charge in [0, 0.05) is 36.4 Å². The van der Waals surface area contributed by atoms with E-state index in [1.54, 1.807) is 18.4 Å². The van der Waals surface area contributed by atoms with E-state index >= 15 is 0 Å². The van der Waals surface area contributed by atoms with Gasteiger partial charge in [-0.15, -0.1) is 11.3 Å². The molecule has 0 radical (unpaired) electrons. The molecule has 0 atom stereocenters. The van der Waals surface area contributed by atoms with Gasteiger partial charge in [-0.2, -0.15) is 0 Å². The Balaban J connectivity index is 1.78. The minimum absolute atomic E-state index is 0.221. The summed E-state index contributed by atoms with van der Waals surface area (Å²) in [6, 6.07) is 6.73. The lowest BCUT2D eigenvalue weighted by Crippen LogP contribution is -2.37. The van der Waals surface area contributed by atoms with Gasteiger partial charge < -0.3 is 15.4 Å². The lowest BCUT2D eigenvalue weighted by molar-refractivity contribution is 0.0975. The molecule has 3 rings (SSSR count). The number of unbranched alkanes of at least 4 members (excludes halogenated alkanes) is 1. The van der Waals surface area contributed by atoms with Crippen molar-refractivity contribution < 1.29 is 9.53 Å². The second-order valence-corrected chi connectivity index (χ2v) is 8.95. The van der Waals surface area contributed by atoms with Crippen LogP contribution in [0.25, 0.3) is 10.1 Å². The molecule has 148 valence electrons. The fourth-order valence-electron chi connectivity index (χ4n) is 4.11. The van der Waals surface area contributed by atoms with Crippen LogP contribution in [0, 0.1) is 0 Å². The van der Waals surface area contributed by atoms with Crippen LogP contribution in [0.15, 0.2) is 18.2 Å². The first-order chi connectivity index (χ1) is 13.0. The Morgan fingerprint density at radius 2 is 2.04 bits per heavy atom. The Labute approximate surface area is 166 Å². The van der Waals surface area contributed by atoms with Crippen molar-refractivity contribution in [1.29, 1.82) is 0 Å². The number of Topliss-reactive ketones (excluding diaryl/α,β-unsaturated/α-hetero) is 1. The fraction of sp³-hybridized carbons (Fsp3) is 0.591. The molecule has 1 aliphatic heterocycles. The summed E-state index contributed by atoms with van der Waals surface area (Å²) in [4.78, 5) is 15.1. The van der Waals surface area contributed by atoms with E-state index in [9.17, 15) is 4.79 Å². The van der Waals surface area contributed by atoms with Crippen LogP contribution >= 0.6 is 11.3 Å². The number of piperidine rings is 1. The number of nitrogen functional groups attached to an aromatic ring is 1. The first kappa shape index (κ1) is 20.3. The molecule has 2 heterocycles. The summed E-state index contributed by atoms with van der Waals surface area (Å²) in [6.07, 6.45) is 4.66. The van der Waals surface area contributed by atoms with Crippen molar-refractivity contribution in [2.75, 3.05) is 32.5 Å². The zero-order chi connectivity index (χ0) is 19.4. The number of nitrogens with two attached hydrogens (primary N) is 1. The van der Waals surface area contributed by atoms with Crippen molar-refractivity contribution >= 4 is 32.2 Å². The van der Waals surface area contributed by atoms with Gasteiger partial charge in [-0.3, -0.25) is 4.79 Å². The summed E-state index contributed by atoms with van der Waals surface area (Å²) in [5.41, 5.74) is 8.53. The maximum absolute atomic E-state index is 12.6. The van der Waals surface area contributed by atoms with Crippen LogP contribution in [0.4, 0.5) is 5.00 Å². The van der Waals surface area contributed by atoms with E-state index in [0.717, 1.165) is 49.3 Å². The van der Waals surface area contributed by atoms with Gasteiger partial charge in [-0.05, 0) is 87.7 Å². The van der Waals surface area contributed by atoms with Crippen LogP contribution in [0.5, 0.6) is 0 Å². The second kappa shape index (κ2) is 9.18. The standard InChI is InChI=1S/C22H32N2O2S/c1-15(2)24-11-9-16(10-12-24)21-18-14-17(7-8-20(18)27-22(21)23)19(25)6-4-5-13-26-3/h7-8,14-16H,4-6,9-13,23H2,1-3H3. The Hall–Kier alpha value is -1.43. The molecule has 1 saturated heterocycles. The van der Waals surface area contributed by atoms with Crippen molar-refractivity contribution in [2.45, 2.75) is 57.9 Å². The third-order valence-electron chi connectivity index (χ3n) is 5.75. The third kappa shape index (κ3) is 4.71. The number of anilines is 1. The first-order valence-electron chi connectivity index (χ1n) is 10.1. The number of ether oxygens (including phenoxy) is 1. The molecule has 2 aromatic rings. The molecule has 27 heavy (non-hydrogen) atoms. The van der Waals surface area contributed by atoms with Gasteiger partial charge in [0.15, 0.2) is 5.78 Å². The maximum Gasteiger partial charge on any atom is 0.162 e. The molecule has 1 aromatic carbocycles. The van der Waals surface area contributed by atoms with Crippen molar-refractivity contribution in [3.8, 4) is 0 Å². The van der Waals surface area contributed by atoms with E-state index in [0.29, 0.717) is 25.0 Å². The van der Waals surface area contributed by atoms with E-state index in [1.807, 2.05) is 6.07 Å². The molecule has 2 N–H and O–H groups in total. The monoisotopic (exact) mass is 388 g/mol. The summed E-state index contributed by atoms with van der Waals surface area (Å²) >= 11 is 1.66. The molecule has 0 aliphatic carbocycles. The van der Waals surface area contributed by atoms with Gasteiger partial charge in [-0.25, -0.2) is 0 Å². The average molecular weight is 389 g/mol. The largest absolute Gasteiger partial charge is 0.390 e. The molecule has 1 fully saturated rings. The molecule has 5 heteroatoms. The Kier molecular flexibility index (Phi) is 6.90. The summed E-state index contributed by atoms with van der Waals surface area (Å²) in [7, 11) is 1.70. The first-order valence-corrected chi connectivity index (χ1v) is 10.9. The zero-order valence-corrected chi connectivity index (χ0v) is 17.6. The number of likely N-dealkylation sites (tertiary alicyclic amines) is 1. The quantitative estimate of drug-likeness (QED) is 0.507. The van der Waals surface area contributed by atoms with E-state index in [4.69, 9.17) is 10.5 Å². The Morgan fingerprint density at radius 1 is 1.30 bits per heavy atom. The summed E-state index contributed by atoms with van der Waals surface area (Å²) in [6.45, 7) is 7.49. The number of methoxy groups -OCH3 is 1. The van der Waals surface area contributed by atoms with Crippen molar-refractivity contribution in [2.24, 2.45) is 0 Å². The Bertz CT molecular complexity index is 776. The number of fused-ring (bicyclic) bond motifs is 1. The number of carbonyl (C=O) groups excluding carboxylic acids is 1. The number of carbonyl (C=O) groups is 1. The number of thiophene rings is 1. The van der Waals surface area contributed by atoms with Crippen LogP contribution < -0.4 is 5.73 Å². The molecule has 0 spiro atoms. The SMILES string of the molecule is COCCCCC(=O)c1ccc2sc(N)c(C3CCN(C(C)C)CC3)c2c1. The predicted octanol–water partition coefficient (Wildman–Crippen LogP) is 5.07. The lowest BCUT2D eigenvalue weighted by Gasteiger charge is -2.34. The van der Waals surface area contributed by atoms with E-state index in [2.05, 4.69) is 30.9 Å². The summed E-state index contributed by atoms with van der Waals surface area (Å²) < 4.78 is 6.27.